The molecule has 4 heteroatoms. The van der Waals surface area contributed by atoms with Gasteiger partial charge in [-0.1, -0.05) is 73.9 Å². The van der Waals surface area contributed by atoms with E-state index in [0.717, 1.165) is 33.1 Å². The highest BCUT2D eigenvalue weighted by Gasteiger charge is 2.21. The maximum atomic E-state index is 6.47. The van der Waals surface area contributed by atoms with E-state index in [0.29, 0.717) is 0 Å². The van der Waals surface area contributed by atoms with Gasteiger partial charge >= 0.3 is 0 Å². The second-order valence-electron chi connectivity index (χ2n) is 11.1. The number of furan rings is 2. The molecule has 0 bridgehead atoms. The van der Waals surface area contributed by atoms with E-state index < -0.39 is 16.1 Å². The average molecular weight is 453 g/mol. The third kappa shape index (κ3) is 2.83. The third-order valence-corrected chi connectivity index (χ3v) is 10.9. The van der Waals surface area contributed by atoms with Crippen LogP contribution in [0, 0.1) is 0 Å². The minimum Gasteiger partial charge on any atom is -0.455 e. The topological polar surface area (TPSA) is 26.3 Å². The Hall–Kier alpha value is -2.83. The second kappa shape index (κ2) is 6.36. The molecule has 2 heterocycles. The molecule has 2 aromatic heterocycles. The first-order valence-electron chi connectivity index (χ1n) is 11.4. The zero-order chi connectivity index (χ0) is 22.4. The summed E-state index contributed by atoms with van der Waals surface area (Å²) < 4.78 is 12.9. The summed E-state index contributed by atoms with van der Waals surface area (Å²) in [5, 5.41) is 9.80. The Morgan fingerprint density at radius 1 is 0.438 bits per heavy atom. The van der Waals surface area contributed by atoms with E-state index in [1.807, 2.05) is 0 Å². The Kier molecular flexibility index (Phi) is 3.94. The third-order valence-electron chi connectivity index (χ3n) is 6.80. The normalized spacial score (nSPS) is 13.3. The lowest BCUT2D eigenvalue weighted by atomic mass is 10.0. The van der Waals surface area contributed by atoms with Gasteiger partial charge in [0.1, 0.15) is 22.3 Å². The Morgan fingerprint density at radius 3 is 1.09 bits per heavy atom. The van der Waals surface area contributed by atoms with Gasteiger partial charge in [-0.25, -0.2) is 0 Å². The molecule has 0 unspecified atom stereocenters. The van der Waals surface area contributed by atoms with Crippen LogP contribution in [0.2, 0.25) is 39.3 Å². The van der Waals surface area contributed by atoms with E-state index in [1.54, 1.807) is 0 Å². The van der Waals surface area contributed by atoms with Crippen LogP contribution in [0.5, 0.6) is 0 Å². The Morgan fingerprint density at radius 2 is 0.750 bits per heavy atom. The summed E-state index contributed by atoms with van der Waals surface area (Å²) in [5.41, 5.74) is 3.87. The summed E-state index contributed by atoms with van der Waals surface area (Å²) in [4.78, 5) is 0. The lowest BCUT2D eigenvalue weighted by Crippen LogP contribution is -2.37. The molecule has 32 heavy (non-hydrogen) atoms. The predicted octanol–water partition coefficient (Wildman–Crippen LogP) is 7.73. The summed E-state index contributed by atoms with van der Waals surface area (Å²) in [6, 6.07) is 22.3. The van der Waals surface area contributed by atoms with Crippen molar-refractivity contribution in [2.24, 2.45) is 0 Å². The average Bonchev–Trinajstić information content (AvgIpc) is 3.29. The molecule has 6 rings (SSSR count). The molecule has 0 fully saturated rings. The van der Waals surface area contributed by atoms with Gasteiger partial charge in [-0.2, -0.15) is 0 Å². The molecule has 160 valence electrons. The van der Waals surface area contributed by atoms with E-state index >= 15 is 0 Å². The molecular formula is C28H28O2Si2. The largest absolute Gasteiger partial charge is 0.455 e. The van der Waals surface area contributed by atoms with E-state index in [-0.39, 0.29) is 0 Å². The SMILES string of the molecule is C[Si](C)(C)c1ccc2c(c1)oc1c2ccc2c1ccc1c3ccc([Si](C)(C)C)cc3oc12. The van der Waals surface area contributed by atoms with Crippen molar-refractivity contribution in [1.82, 2.24) is 0 Å². The van der Waals surface area contributed by atoms with Crippen LogP contribution in [0.3, 0.4) is 0 Å². The molecule has 0 spiro atoms. The number of benzene rings is 4. The van der Waals surface area contributed by atoms with E-state index in [1.165, 1.54) is 31.9 Å². The standard InChI is InChI=1S/C28H28O2Si2/c1-31(2,3)17-7-9-19-21-11-13-24-23(27(21)29-25(19)15-17)14-12-22-20-10-8-18(32(4,5)6)16-26(20)30-28(22)24/h7-16H,1-6H3. The van der Waals surface area contributed by atoms with Crippen LogP contribution in [-0.2, 0) is 0 Å². The van der Waals surface area contributed by atoms with Gasteiger partial charge in [0.05, 0.1) is 16.1 Å². The Labute approximate surface area is 189 Å². The number of hydrogen-bond acceptors (Lipinski definition) is 2. The van der Waals surface area contributed by atoms with Crippen molar-refractivity contribution in [3.05, 3.63) is 60.7 Å². The molecule has 2 nitrogen and oxygen atoms in total. The van der Waals surface area contributed by atoms with Crippen LogP contribution in [0.1, 0.15) is 0 Å². The second-order valence-corrected chi connectivity index (χ2v) is 21.3. The summed E-state index contributed by atoms with van der Waals surface area (Å²) in [5.74, 6) is 0. The van der Waals surface area contributed by atoms with Crippen molar-refractivity contribution in [1.29, 1.82) is 0 Å². The van der Waals surface area contributed by atoms with Gasteiger partial charge in [0.2, 0.25) is 0 Å². The van der Waals surface area contributed by atoms with Crippen molar-refractivity contribution >= 4 is 81.2 Å². The number of hydrogen-bond donors (Lipinski definition) is 0. The van der Waals surface area contributed by atoms with Crippen LogP contribution >= 0.6 is 0 Å². The van der Waals surface area contributed by atoms with Crippen molar-refractivity contribution in [2.45, 2.75) is 39.3 Å². The lowest BCUT2D eigenvalue weighted by Gasteiger charge is -2.15. The molecule has 6 aromatic rings. The van der Waals surface area contributed by atoms with Gasteiger partial charge in [-0.3, -0.25) is 0 Å². The van der Waals surface area contributed by atoms with Crippen molar-refractivity contribution in [3.8, 4) is 0 Å². The fraction of sp³-hybridized carbons (Fsp3) is 0.214. The van der Waals surface area contributed by atoms with Gasteiger partial charge in [-0.15, -0.1) is 0 Å². The van der Waals surface area contributed by atoms with Crippen molar-refractivity contribution in [3.63, 3.8) is 0 Å². The van der Waals surface area contributed by atoms with Crippen LogP contribution in [0.25, 0.3) is 54.6 Å². The van der Waals surface area contributed by atoms with Crippen molar-refractivity contribution < 1.29 is 8.83 Å². The fourth-order valence-corrected chi connectivity index (χ4v) is 7.10. The number of fused-ring (bicyclic) bond motifs is 9. The maximum Gasteiger partial charge on any atom is 0.143 e. The first-order chi connectivity index (χ1) is 15.1. The molecule has 0 aliphatic carbocycles. The molecule has 0 amide bonds. The van der Waals surface area contributed by atoms with Crippen LogP contribution in [0.15, 0.2) is 69.5 Å². The van der Waals surface area contributed by atoms with Crippen LogP contribution < -0.4 is 10.4 Å². The molecule has 0 saturated carbocycles. The molecule has 0 aliphatic rings. The quantitative estimate of drug-likeness (QED) is 0.251. The highest BCUT2D eigenvalue weighted by atomic mass is 28.3. The molecule has 0 radical (unpaired) electrons. The highest BCUT2D eigenvalue weighted by molar-refractivity contribution is 6.89. The van der Waals surface area contributed by atoms with Gasteiger partial charge in [0.25, 0.3) is 0 Å². The van der Waals surface area contributed by atoms with Crippen LogP contribution in [-0.4, -0.2) is 16.1 Å². The minimum absolute atomic E-state index is 0.954. The van der Waals surface area contributed by atoms with E-state index in [9.17, 15) is 0 Å². The van der Waals surface area contributed by atoms with Crippen LogP contribution in [0.4, 0.5) is 0 Å². The lowest BCUT2D eigenvalue weighted by molar-refractivity contribution is 0.669. The summed E-state index contributed by atoms with van der Waals surface area (Å²) >= 11 is 0. The first-order valence-corrected chi connectivity index (χ1v) is 18.4. The fourth-order valence-electron chi connectivity index (χ4n) is 4.81. The highest BCUT2D eigenvalue weighted by Crippen LogP contribution is 2.39. The Balaban J connectivity index is 1.65. The Bertz CT molecular complexity index is 1560. The van der Waals surface area contributed by atoms with Gasteiger partial charge in [0.15, 0.2) is 0 Å². The molecule has 0 atom stereocenters. The summed E-state index contributed by atoms with van der Waals surface area (Å²) in [6.45, 7) is 14.2. The monoisotopic (exact) mass is 452 g/mol. The van der Waals surface area contributed by atoms with Gasteiger partial charge < -0.3 is 8.83 Å². The summed E-state index contributed by atoms with van der Waals surface area (Å²) in [6.07, 6.45) is 0. The molecule has 0 saturated heterocycles. The molecular weight excluding hydrogens is 424 g/mol. The number of rotatable bonds is 2. The van der Waals surface area contributed by atoms with Crippen molar-refractivity contribution in [2.75, 3.05) is 0 Å². The first kappa shape index (κ1) is 19.8. The van der Waals surface area contributed by atoms with Gasteiger partial charge in [0, 0.05) is 32.3 Å². The van der Waals surface area contributed by atoms with E-state index in [2.05, 4.69) is 99.9 Å². The minimum atomic E-state index is -1.40. The zero-order valence-electron chi connectivity index (χ0n) is 19.6. The molecule has 0 N–H and O–H groups in total. The molecule has 0 aliphatic heterocycles. The molecule has 4 aromatic carbocycles. The smallest absolute Gasteiger partial charge is 0.143 e. The maximum absolute atomic E-state index is 6.47. The summed E-state index contributed by atoms with van der Waals surface area (Å²) in [7, 11) is -2.80. The zero-order valence-corrected chi connectivity index (χ0v) is 21.6. The van der Waals surface area contributed by atoms with E-state index in [4.69, 9.17) is 8.83 Å². The van der Waals surface area contributed by atoms with Gasteiger partial charge in [-0.05, 0) is 36.4 Å². The predicted molar refractivity (Wildman–Crippen MR) is 144 cm³/mol.